The van der Waals surface area contributed by atoms with Crippen molar-refractivity contribution in [2.75, 3.05) is 13.1 Å². The van der Waals surface area contributed by atoms with E-state index < -0.39 is 0 Å². The lowest BCUT2D eigenvalue weighted by atomic mass is 10.2. The summed E-state index contributed by atoms with van der Waals surface area (Å²) in [5.74, 6) is 0. The van der Waals surface area contributed by atoms with E-state index >= 15 is 0 Å². The highest BCUT2D eigenvalue weighted by Crippen LogP contribution is 2.35. The number of thioether (sulfide) groups is 1. The van der Waals surface area contributed by atoms with Gasteiger partial charge in [0.1, 0.15) is 0 Å². The highest BCUT2D eigenvalue weighted by Gasteiger charge is 2.28. The Morgan fingerprint density at radius 2 is 1.75 bits per heavy atom. The lowest BCUT2D eigenvalue weighted by Crippen LogP contribution is -2.32. The number of hydrogen-bond acceptors (Lipinski definition) is 2. The van der Waals surface area contributed by atoms with Crippen LogP contribution < -0.4 is 5.32 Å². The zero-order valence-corrected chi connectivity index (χ0v) is 5.71. The Kier molecular flexibility index (Phi) is 1.23. The van der Waals surface area contributed by atoms with E-state index in [9.17, 15) is 0 Å². The Labute approximate surface area is 54.2 Å². The fourth-order valence-corrected chi connectivity index (χ4v) is 3.00. The van der Waals surface area contributed by atoms with Gasteiger partial charge < -0.3 is 5.32 Å². The van der Waals surface area contributed by atoms with E-state index in [0.29, 0.717) is 0 Å². The van der Waals surface area contributed by atoms with Crippen LogP contribution in [0.3, 0.4) is 0 Å². The first-order valence-electron chi connectivity index (χ1n) is 3.31. The molecule has 2 atom stereocenters. The van der Waals surface area contributed by atoms with Crippen molar-refractivity contribution in [1.29, 1.82) is 0 Å². The van der Waals surface area contributed by atoms with E-state index in [0.717, 1.165) is 10.5 Å². The van der Waals surface area contributed by atoms with Crippen molar-refractivity contribution in [2.24, 2.45) is 0 Å². The lowest BCUT2D eigenvalue weighted by Gasteiger charge is -2.18. The number of rotatable bonds is 0. The summed E-state index contributed by atoms with van der Waals surface area (Å²) < 4.78 is 0. The maximum atomic E-state index is 3.43. The summed E-state index contributed by atoms with van der Waals surface area (Å²) in [6.45, 7) is 2.53. The summed E-state index contributed by atoms with van der Waals surface area (Å²) in [6.07, 6.45) is 2.92. The SMILES string of the molecule is C1C[C@H]2CNC[C@H]1S2. The minimum absolute atomic E-state index is 0.966. The molecule has 0 radical (unpaired) electrons. The van der Waals surface area contributed by atoms with Gasteiger partial charge in [0, 0.05) is 23.6 Å². The molecule has 0 saturated carbocycles. The van der Waals surface area contributed by atoms with Crippen molar-refractivity contribution in [3.63, 3.8) is 0 Å². The minimum atomic E-state index is 0.966. The Bertz CT molecular complexity index is 80.5. The molecule has 1 nitrogen and oxygen atoms in total. The maximum absolute atomic E-state index is 3.43. The van der Waals surface area contributed by atoms with Crippen LogP contribution in [0, 0.1) is 0 Å². The topological polar surface area (TPSA) is 12.0 Å². The summed E-state index contributed by atoms with van der Waals surface area (Å²) in [6, 6.07) is 0. The molecular weight excluding hydrogens is 118 g/mol. The van der Waals surface area contributed by atoms with Gasteiger partial charge in [-0.05, 0) is 12.8 Å². The predicted molar refractivity (Wildman–Crippen MR) is 37.3 cm³/mol. The van der Waals surface area contributed by atoms with Crippen molar-refractivity contribution in [3.8, 4) is 0 Å². The second kappa shape index (κ2) is 1.92. The van der Waals surface area contributed by atoms with Crippen LogP contribution >= 0.6 is 11.8 Å². The summed E-state index contributed by atoms with van der Waals surface area (Å²) in [5, 5.41) is 5.36. The van der Waals surface area contributed by atoms with Gasteiger partial charge in [-0.25, -0.2) is 0 Å². The number of nitrogens with one attached hydrogen (secondary N) is 1. The van der Waals surface area contributed by atoms with Gasteiger partial charge in [0.15, 0.2) is 0 Å². The molecule has 0 aromatic carbocycles. The summed E-state index contributed by atoms with van der Waals surface area (Å²) in [4.78, 5) is 0. The molecule has 2 aliphatic heterocycles. The van der Waals surface area contributed by atoms with Crippen molar-refractivity contribution < 1.29 is 0 Å². The first-order valence-corrected chi connectivity index (χ1v) is 4.25. The Hall–Kier alpha value is 0.310. The maximum Gasteiger partial charge on any atom is 0.0176 e. The molecule has 2 saturated heterocycles. The molecule has 0 aliphatic carbocycles. The lowest BCUT2D eigenvalue weighted by molar-refractivity contribution is 0.690. The Balaban J connectivity index is 2.03. The van der Waals surface area contributed by atoms with E-state index in [4.69, 9.17) is 0 Å². The highest BCUT2D eigenvalue weighted by atomic mass is 32.2. The first kappa shape index (κ1) is 5.12. The van der Waals surface area contributed by atoms with Gasteiger partial charge in [0.25, 0.3) is 0 Å². The van der Waals surface area contributed by atoms with Crippen LogP contribution in [0.2, 0.25) is 0 Å². The van der Waals surface area contributed by atoms with Crippen LogP contribution in [0.4, 0.5) is 0 Å². The third kappa shape index (κ3) is 0.759. The standard InChI is InChI=1S/C6H11NS/c1-2-6-4-7-3-5(1)8-6/h5-7H,1-4H2/t5-,6-/m0/s1. The molecule has 8 heavy (non-hydrogen) atoms. The normalized spacial score (nSPS) is 45.0. The van der Waals surface area contributed by atoms with Gasteiger partial charge >= 0.3 is 0 Å². The molecular formula is C6H11NS. The largest absolute Gasteiger partial charge is 0.315 e. The fraction of sp³-hybridized carbons (Fsp3) is 1.00. The third-order valence-electron chi connectivity index (χ3n) is 1.94. The van der Waals surface area contributed by atoms with E-state index in [1.165, 1.54) is 25.9 Å². The first-order chi connectivity index (χ1) is 3.95. The molecule has 0 aromatic heterocycles. The average Bonchev–Trinajstić information content (AvgIpc) is 2.12. The zero-order chi connectivity index (χ0) is 5.40. The van der Waals surface area contributed by atoms with Crippen molar-refractivity contribution in [2.45, 2.75) is 23.3 Å². The van der Waals surface area contributed by atoms with Crippen LogP contribution in [0.1, 0.15) is 12.8 Å². The van der Waals surface area contributed by atoms with Gasteiger partial charge in [-0.3, -0.25) is 0 Å². The molecule has 2 fully saturated rings. The third-order valence-corrected chi connectivity index (χ3v) is 3.51. The molecule has 46 valence electrons. The molecule has 2 bridgehead atoms. The Morgan fingerprint density at radius 3 is 2.25 bits per heavy atom. The predicted octanol–water partition coefficient (Wildman–Crippen LogP) is 0.854. The van der Waals surface area contributed by atoms with E-state index in [-0.39, 0.29) is 0 Å². The number of fused-ring (bicyclic) bond motifs is 2. The molecule has 2 aliphatic rings. The van der Waals surface area contributed by atoms with Crippen LogP contribution in [0.25, 0.3) is 0 Å². The molecule has 2 rings (SSSR count). The van der Waals surface area contributed by atoms with E-state index in [1.807, 2.05) is 0 Å². The van der Waals surface area contributed by atoms with Crippen LogP contribution in [0.5, 0.6) is 0 Å². The van der Waals surface area contributed by atoms with Crippen LogP contribution in [-0.4, -0.2) is 23.6 Å². The molecule has 1 N–H and O–H groups in total. The summed E-state index contributed by atoms with van der Waals surface area (Å²) in [7, 11) is 0. The quantitative estimate of drug-likeness (QED) is 0.520. The van der Waals surface area contributed by atoms with Gasteiger partial charge in [0.2, 0.25) is 0 Å². The van der Waals surface area contributed by atoms with Crippen molar-refractivity contribution in [1.82, 2.24) is 5.32 Å². The summed E-state index contributed by atoms with van der Waals surface area (Å²) >= 11 is 2.19. The van der Waals surface area contributed by atoms with E-state index in [2.05, 4.69) is 17.1 Å². The zero-order valence-electron chi connectivity index (χ0n) is 4.89. The molecule has 2 heterocycles. The molecule has 0 aromatic rings. The minimum Gasteiger partial charge on any atom is -0.315 e. The smallest absolute Gasteiger partial charge is 0.0176 e. The highest BCUT2D eigenvalue weighted by molar-refractivity contribution is 8.00. The van der Waals surface area contributed by atoms with Gasteiger partial charge in [0.05, 0.1) is 0 Å². The van der Waals surface area contributed by atoms with Crippen LogP contribution in [0.15, 0.2) is 0 Å². The van der Waals surface area contributed by atoms with Crippen molar-refractivity contribution in [3.05, 3.63) is 0 Å². The van der Waals surface area contributed by atoms with Gasteiger partial charge in [-0.15, -0.1) is 0 Å². The van der Waals surface area contributed by atoms with E-state index in [1.54, 1.807) is 0 Å². The second-order valence-corrected chi connectivity index (χ2v) is 4.22. The van der Waals surface area contributed by atoms with Crippen molar-refractivity contribution >= 4 is 11.8 Å². The summed E-state index contributed by atoms with van der Waals surface area (Å²) in [5.41, 5.74) is 0. The van der Waals surface area contributed by atoms with Gasteiger partial charge in [-0.2, -0.15) is 11.8 Å². The number of hydrogen-bond donors (Lipinski definition) is 1. The molecule has 0 amide bonds. The van der Waals surface area contributed by atoms with Gasteiger partial charge in [-0.1, -0.05) is 0 Å². The molecule has 2 heteroatoms. The Morgan fingerprint density at radius 1 is 1.12 bits per heavy atom. The van der Waals surface area contributed by atoms with Crippen LogP contribution in [-0.2, 0) is 0 Å². The molecule has 0 spiro atoms. The second-order valence-electron chi connectivity index (χ2n) is 2.62. The monoisotopic (exact) mass is 129 g/mol. The fourth-order valence-electron chi connectivity index (χ4n) is 1.49. The average molecular weight is 129 g/mol. The molecule has 0 unspecified atom stereocenters.